The largest absolute Gasteiger partial charge is 0.431 e. The van der Waals surface area contributed by atoms with Gasteiger partial charge in [-0.15, -0.1) is 0 Å². The summed E-state index contributed by atoms with van der Waals surface area (Å²) in [6.45, 7) is 1.56. The van der Waals surface area contributed by atoms with Gasteiger partial charge in [-0.1, -0.05) is 0 Å². The minimum absolute atomic E-state index is 0.0222. The first-order valence-corrected chi connectivity index (χ1v) is 11.6. The Morgan fingerprint density at radius 3 is 2.77 bits per heavy atom. The second-order valence-electron chi connectivity index (χ2n) is 9.11. The predicted octanol–water partition coefficient (Wildman–Crippen LogP) is 4.25. The number of H-pyrrole nitrogens is 1. The summed E-state index contributed by atoms with van der Waals surface area (Å²) in [5, 5.41) is 8.15. The highest BCUT2D eigenvalue weighted by molar-refractivity contribution is 5.97. The van der Waals surface area contributed by atoms with Gasteiger partial charge in [0.05, 0.1) is 23.9 Å². The van der Waals surface area contributed by atoms with Gasteiger partial charge < -0.3 is 20.4 Å². The van der Waals surface area contributed by atoms with E-state index in [-0.39, 0.29) is 17.8 Å². The van der Waals surface area contributed by atoms with Crippen molar-refractivity contribution in [3.63, 3.8) is 0 Å². The number of aromatic nitrogens is 5. The van der Waals surface area contributed by atoms with Crippen molar-refractivity contribution in [2.24, 2.45) is 0 Å². The number of nitrogens with zero attached hydrogens (tertiary/aromatic N) is 4. The predicted molar refractivity (Wildman–Crippen MR) is 125 cm³/mol. The van der Waals surface area contributed by atoms with E-state index in [2.05, 4.69) is 25.6 Å². The molecule has 5 heterocycles. The van der Waals surface area contributed by atoms with Crippen LogP contribution in [-0.2, 0) is 10.9 Å². The Hall–Kier alpha value is -3.31. The molecule has 1 aliphatic heterocycles. The summed E-state index contributed by atoms with van der Waals surface area (Å²) < 4.78 is 45.8. The average Bonchev–Trinajstić information content (AvgIpc) is 3.60. The molecule has 3 N–H and O–H groups in total. The van der Waals surface area contributed by atoms with Crippen molar-refractivity contribution in [3.05, 3.63) is 42.0 Å². The fourth-order valence-corrected chi connectivity index (χ4v) is 4.83. The number of anilines is 1. The third-order valence-electron chi connectivity index (χ3n) is 6.78. The van der Waals surface area contributed by atoms with E-state index in [0.29, 0.717) is 34.0 Å². The lowest BCUT2D eigenvalue weighted by Crippen LogP contribution is -2.48. The normalized spacial score (nSPS) is 21.0. The second-order valence-corrected chi connectivity index (χ2v) is 9.11. The van der Waals surface area contributed by atoms with E-state index >= 15 is 0 Å². The molecule has 0 amide bonds. The quantitative estimate of drug-likeness (QED) is 0.390. The zero-order valence-electron chi connectivity index (χ0n) is 19.0. The minimum Gasteiger partial charge on any atom is -0.378 e. The number of pyridine rings is 2. The summed E-state index contributed by atoms with van der Waals surface area (Å²) in [5.74, 6) is 1.39. The number of piperidine rings is 1. The van der Waals surface area contributed by atoms with Crippen LogP contribution in [0.5, 0.6) is 0 Å². The number of halogens is 3. The Balaban J connectivity index is 1.52. The first-order valence-electron chi connectivity index (χ1n) is 11.6. The molecule has 0 spiro atoms. The van der Waals surface area contributed by atoms with Crippen molar-refractivity contribution < 1.29 is 17.9 Å². The smallest absolute Gasteiger partial charge is 0.378 e. The Kier molecular flexibility index (Phi) is 5.33. The van der Waals surface area contributed by atoms with E-state index in [4.69, 9.17) is 14.7 Å². The SMILES string of the molecule is CO[C@@H]1CNCC[C@@H]1Nc1nc(-c2ccnc3[nH]c(C(F)(F)F)cc23)nc2cncc(C3CC3)c12. The topological polar surface area (TPSA) is 101 Å². The van der Waals surface area contributed by atoms with E-state index in [1.54, 1.807) is 19.4 Å². The molecule has 8 nitrogen and oxygen atoms in total. The molecule has 11 heteroatoms. The number of rotatable bonds is 5. The van der Waals surface area contributed by atoms with Gasteiger partial charge in [0, 0.05) is 42.4 Å². The number of ether oxygens (including phenoxy) is 1. The zero-order chi connectivity index (χ0) is 24.2. The van der Waals surface area contributed by atoms with Crippen molar-refractivity contribution in [1.29, 1.82) is 0 Å². The molecule has 0 radical (unpaired) electrons. The summed E-state index contributed by atoms with van der Waals surface area (Å²) in [7, 11) is 1.69. The summed E-state index contributed by atoms with van der Waals surface area (Å²) in [4.78, 5) is 20.5. The van der Waals surface area contributed by atoms with Crippen LogP contribution in [0.25, 0.3) is 33.3 Å². The van der Waals surface area contributed by atoms with Gasteiger partial charge in [-0.05, 0) is 49.4 Å². The molecule has 0 bridgehead atoms. The lowest BCUT2D eigenvalue weighted by molar-refractivity contribution is -0.140. The summed E-state index contributed by atoms with van der Waals surface area (Å²) in [6.07, 6.45) is 3.48. The van der Waals surface area contributed by atoms with E-state index in [0.717, 1.165) is 49.4 Å². The molecule has 1 saturated carbocycles. The van der Waals surface area contributed by atoms with Crippen molar-refractivity contribution in [2.45, 2.75) is 43.5 Å². The molecule has 35 heavy (non-hydrogen) atoms. The van der Waals surface area contributed by atoms with Crippen LogP contribution in [0.2, 0.25) is 0 Å². The van der Waals surface area contributed by atoms with Crippen molar-refractivity contribution >= 4 is 27.8 Å². The van der Waals surface area contributed by atoms with Gasteiger partial charge in [0.25, 0.3) is 0 Å². The molecule has 1 saturated heterocycles. The van der Waals surface area contributed by atoms with Gasteiger partial charge in [0.15, 0.2) is 5.82 Å². The third kappa shape index (κ3) is 4.08. The molecule has 1 aliphatic carbocycles. The molecule has 0 aromatic carbocycles. The van der Waals surface area contributed by atoms with Gasteiger partial charge in [-0.25, -0.2) is 15.0 Å². The number of nitrogens with one attached hydrogen (secondary N) is 3. The van der Waals surface area contributed by atoms with Crippen LogP contribution in [0.15, 0.2) is 30.7 Å². The highest BCUT2D eigenvalue weighted by Gasteiger charge is 2.34. The fraction of sp³-hybridized carbons (Fsp3) is 0.417. The van der Waals surface area contributed by atoms with Gasteiger partial charge in [0.2, 0.25) is 0 Å². The average molecular weight is 483 g/mol. The maximum Gasteiger partial charge on any atom is 0.431 e. The summed E-state index contributed by atoms with van der Waals surface area (Å²) >= 11 is 0. The molecule has 2 atom stereocenters. The van der Waals surface area contributed by atoms with E-state index in [1.807, 2.05) is 6.20 Å². The number of alkyl halides is 3. The molecule has 182 valence electrons. The summed E-state index contributed by atoms with van der Waals surface area (Å²) in [6, 6.07) is 2.72. The Bertz CT molecular complexity index is 1400. The van der Waals surface area contributed by atoms with E-state index in [1.165, 1.54) is 6.20 Å². The Morgan fingerprint density at radius 1 is 1.14 bits per heavy atom. The zero-order valence-corrected chi connectivity index (χ0v) is 19.0. The highest BCUT2D eigenvalue weighted by atomic mass is 19.4. The maximum absolute atomic E-state index is 13.4. The standard InChI is InChI=1S/C24H24F3N7O/c1-35-18-11-28-6-5-16(18)31-23-20-15(12-2-3-12)9-29-10-17(20)32-22(34-23)13-4-7-30-21-14(13)8-19(33-21)24(25,26)27/h4,7-10,12,16,18,28H,2-3,5-6,11H2,1H3,(H,30,33)(H,31,32,34)/t16-,18+/m0/s1. The first-order chi connectivity index (χ1) is 16.9. The fourth-order valence-electron chi connectivity index (χ4n) is 4.83. The van der Waals surface area contributed by atoms with Crippen LogP contribution in [-0.4, -0.2) is 57.3 Å². The highest BCUT2D eigenvalue weighted by Crippen LogP contribution is 2.44. The monoisotopic (exact) mass is 483 g/mol. The van der Waals surface area contributed by atoms with E-state index in [9.17, 15) is 13.2 Å². The lowest BCUT2D eigenvalue weighted by Gasteiger charge is -2.32. The van der Waals surface area contributed by atoms with Crippen LogP contribution in [0, 0.1) is 0 Å². The molecular weight excluding hydrogens is 459 g/mol. The number of hydrogen-bond acceptors (Lipinski definition) is 7. The van der Waals surface area contributed by atoms with Crippen molar-refractivity contribution in [1.82, 2.24) is 30.2 Å². The molecule has 6 rings (SSSR count). The van der Waals surface area contributed by atoms with Crippen LogP contribution in [0.4, 0.5) is 19.0 Å². The van der Waals surface area contributed by atoms with Crippen LogP contribution in [0.1, 0.15) is 36.4 Å². The summed E-state index contributed by atoms with van der Waals surface area (Å²) in [5.41, 5.74) is 1.50. The third-order valence-corrected chi connectivity index (χ3v) is 6.78. The molecule has 2 aliphatic rings. The Labute approximate surface area is 198 Å². The number of hydrogen-bond donors (Lipinski definition) is 3. The molecule has 4 aromatic heterocycles. The number of methoxy groups -OCH3 is 1. The molecule has 0 unspecified atom stereocenters. The van der Waals surface area contributed by atoms with Crippen molar-refractivity contribution in [2.75, 3.05) is 25.5 Å². The van der Waals surface area contributed by atoms with E-state index < -0.39 is 11.9 Å². The lowest BCUT2D eigenvalue weighted by atomic mass is 10.0. The van der Waals surface area contributed by atoms with Crippen molar-refractivity contribution in [3.8, 4) is 11.4 Å². The van der Waals surface area contributed by atoms with Gasteiger partial charge in [0.1, 0.15) is 17.2 Å². The van der Waals surface area contributed by atoms with Crippen LogP contribution >= 0.6 is 0 Å². The van der Waals surface area contributed by atoms with Gasteiger partial charge in [-0.2, -0.15) is 13.2 Å². The van der Waals surface area contributed by atoms with Crippen LogP contribution < -0.4 is 10.6 Å². The Morgan fingerprint density at radius 2 is 2.00 bits per heavy atom. The molecule has 4 aromatic rings. The maximum atomic E-state index is 13.4. The first kappa shape index (κ1) is 22.2. The van der Waals surface area contributed by atoms with Gasteiger partial charge in [-0.3, -0.25) is 4.98 Å². The number of fused-ring (bicyclic) bond motifs is 2. The van der Waals surface area contributed by atoms with Crippen LogP contribution in [0.3, 0.4) is 0 Å². The van der Waals surface area contributed by atoms with Gasteiger partial charge >= 0.3 is 6.18 Å². The number of aromatic amines is 1. The second kappa shape index (κ2) is 8.42. The molecular formula is C24H24F3N7O. The molecule has 2 fully saturated rings. The minimum atomic E-state index is -4.51.